The average Bonchev–Trinajstić information content (AvgIpc) is 2.86. The standard InChI is InChI=1S/C14H17Cl2N3O/c1-3-4-7-14(2,20)19-9-17-13(18-19)11-6-5-10(15)8-12(11)16/h5-6,8-9,20H,3-4,7H2,1-2H3. The van der Waals surface area contributed by atoms with E-state index >= 15 is 0 Å². The number of nitrogens with zero attached hydrogens (tertiary/aromatic N) is 3. The fourth-order valence-electron chi connectivity index (χ4n) is 1.92. The summed E-state index contributed by atoms with van der Waals surface area (Å²) >= 11 is 12.0. The number of benzene rings is 1. The third-order valence-corrected chi connectivity index (χ3v) is 3.71. The third-order valence-electron chi connectivity index (χ3n) is 3.16. The maximum absolute atomic E-state index is 10.4. The van der Waals surface area contributed by atoms with E-state index in [1.165, 1.54) is 11.0 Å². The van der Waals surface area contributed by atoms with Crippen molar-refractivity contribution in [1.82, 2.24) is 14.8 Å². The number of hydrogen-bond donors (Lipinski definition) is 1. The van der Waals surface area contributed by atoms with Crippen LogP contribution in [-0.4, -0.2) is 19.9 Å². The Labute approximate surface area is 128 Å². The summed E-state index contributed by atoms with van der Waals surface area (Å²) in [5, 5.41) is 15.8. The summed E-state index contributed by atoms with van der Waals surface area (Å²) in [6.45, 7) is 3.81. The third kappa shape index (κ3) is 3.32. The zero-order chi connectivity index (χ0) is 14.8. The van der Waals surface area contributed by atoms with E-state index in [0.29, 0.717) is 27.9 Å². The number of rotatable bonds is 5. The van der Waals surface area contributed by atoms with Gasteiger partial charge in [0.1, 0.15) is 6.33 Å². The second-order valence-corrected chi connectivity index (χ2v) is 5.80. The molecular weight excluding hydrogens is 297 g/mol. The second kappa shape index (κ2) is 6.12. The Hall–Kier alpha value is -1.10. The zero-order valence-electron chi connectivity index (χ0n) is 11.5. The van der Waals surface area contributed by atoms with Crippen LogP contribution in [0.5, 0.6) is 0 Å². The summed E-state index contributed by atoms with van der Waals surface area (Å²) in [5.41, 5.74) is -0.346. The first kappa shape index (κ1) is 15.3. The first-order valence-electron chi connectivity index (χ1n) is 6.54. The van der Waals surface area contributed by atoms with Crippen LogP contribution in [0.2, 0.25) is 10.0 Å². The molecule has 1 atom stereocenters. The van der Waals surface area contributed by atoms with Crippen molar-refractivity contribution in [3.8, 4) is 11.4 Å². The maximum atomic E-state index is 10.4. The molecule has 1 aromatic carbocycles. The molecule has 1 aromatic heterocycles. The van der Waals surface area contributed by atoms with E-state index in [1.54, 1.807) is 25.1 Å². The van der Waals surface area contributed by atoms with E-state index in [0.717, 1.165) is 12.8 Å². The highest BCUT2D eigenvalue weighted by molar-refractivity contribution is 6.36. The molecule has 1 unspecified atom stereocenters. The average molecular weight is 314 g/mol. The number of unbranched alkanes of at least 4 members (excludes halogenated alkanes) is 1. The Kier molecular flexibility index (Phi) is 4.68. The zero-order valence-corrected chi connectivity index (χ0v) is 13.0. The van der Waals surface area contributed by atoms with Gasteiger partial charge in [-0.3, -0.25) is 0 Å². The lowest BCUT2D eigenvalue weighted by Crippen LogP contribution is -2.30. The smallest absolute Gasteiger partial charge is 0.182 e. The molecular formula is C14H17Cl2N3O. The predicted molar refractivity (Wildman–Crippen MR) is 80.9 cm³/mol. The molecule has 0 saturated carbocycles. The van der Waals surface area contributed by atoms with Crippen molar-refractivity contribution >= 4 is 23.2 Å². The molecule has 0 fully saturated rings. The molecule has 0 aliphatic heterocycles. The van der Waals surface area contributed by atoms with Crippen LogP contribution in [0.1, 0.15) is 33.1 Å². The van der Waals surface area contributed by atoms with Gasteiger partial charge < -0.3 is 5.11 Å². The van der Waals surface area contributed by atoms with E-state index in [9.17, 15) is 5.11 Å². The first-order valence-corrected chi connectivity index (χ1v) is 7.29. The number of aliphatic hydroxyl groups is 1. The molecule has 2 aromatic rings. The number of halogens is 2. The maximum Gasteiger partial charge on any atom is 0.182 e. The van der Waals surface area contributed by atoms with Crippen LogP contribution in [0.3, 0.4) is 0 Å². The molecule has 0 aliphatic carbocycles. The Bertz CT molecular complexity index is 596. The Balaban J connectivity index is 2.28. The van der Waals surface area contributed by atoms with Crippen LogP contribution < -0.4 is 0 Å². The van der Waals surface area contributed by atoms with E-state index in [2.05, 4.69) is 17.0 Å². The molecule has 0 spiro atoms. The summed E-state index contributed by atoms with van der Waals surface area (Å²) in [7, 11) is 0. The normalized spacial score (nSPS) is 14.2. The molecule has 108 valence electrons. The molecule has 6 heteroatoms. The molecule has 0 saturated heterocycles. The van der Waals surface area contributed by atoms with Gasteiger partial charge in [-0.2, -0.15) is 0 Å². The molecule has 0 radical (unpaired) electrons. The lowest BCUT2D eigenvalue weighted by Gasteiger charge is -2.22. The van der Waals surface area contributed by atoms with Gasteiger partial charge in [0.15, 0.2) is 11.5 Å². The summed E-state index contributed by atoms with van der Waals surface area (Å²) in [4.78, 5) is 4.22. The predicted octanol–water partition coefficient (Wildman–Crippen LogP) is 4.11. The van der Waals surface area contributed by atoms with E-state index in [4.69, 9.17) is 23.2 Å². The second-order valence-electron chi connectivity index (χ2n) is 4.96. The first-order chi connectivity index (χ1) is 9.44. The van der Waals surface area contributed by atoms with E-state index in [1.807, 2.05) is 0 Å². The van der Waals surface area contributed by atoms with Gasteiger partial charge in [0, 0.05) is 10.6 Å². The highest BCUT2D eigenvalue weighted by atomic mass is 35.5. The van der Waals surface area contributed by atoms with E-state index < -0.39 is 5.72 Å². The lowest BCUT2D eigenvalue weighted by atomic mass is 10.1. The number of aromatic nitrogens is 3. The van der Waals surface area contributed by atoms with Crippen molar-refractivity contribution in [1.29, 1.82) is 0 Å². The van der Waals surface area contributed by atoms with Crippen LogP contribution in [0.15, 0.2) is 24.5 Å². The van der Waals surface area contributed by atoms with Gasteiger partial charge in [0.2, 0.25) is 0 Å². The van der Waals surface area contributed by atoms with Crippen LogP contribution in [0, 0.1) is 0 Å². The molecule has 4 nitrogen and oxygen atoms in total. The van der Waals surface area contributed by atoms with Gasteiger partial charge in [-0.05, 0) is 38.0 Å². The minimum atomic E-state index is -1.04. The molecule has 2 rings (SSSR count). The summed E-state index contributed by atoms with van der Waals surface area (Å²) < 4.78 is 1.48. The van der Waals surface area contributed by atoms with Crippen LogP contribution in [0.25, 0.3) is 11.4 Å². The van der Waals surface area contributed by atoms with Crippen molar-refractivity contribution in [3.63, 3.8) is 0 Å². The van der Waals surface area contributed by atoms with Gasteiger partial charge in [0.05, 0.1) is 5.02 Å². The monoisotopic (exact) mass is 313 g/mol. The van der Waals surface area contributed by atoms with Gasteiger partial charge >= 0.3 is 0 Å². The summed E-state index contributed by atoms with van der Waals surface area (Å²) in [6, 6.07) is 5.15. The van der Waals surface area contributed by atoms with Gasteiger partial charge in [-0.25, -0.2) is 9.67 Å². The van der Waals surface area contributed by atoms with Crippen molar-refractivity contribution in [2.24, 2.45) is 0 Å². The summed E-state index contributed by atoms with van der Waals surface area (Å²) in [6.07, 6.45) is 4.08. The lowest BCUT2D eigenvalue weighted by molar-refractivity contribution is -0.0399. The SMILES string of the molecule is CCCCC(C)(O)n1cnc(-c2ccc(Cl)cc2Cl)n1. The van der Waals surface area contributed by atoms with Crippen molar-refractivity contribution < 1.29 is 5.11 Å². The van der Waals surface area contributed by atoms with Gasteiger partial charge in [0.25, 0.3) is 0 Å². The Morgan fingerprint density at radius 1 is 1.35 bits per heavy atom. The Morgan fingerprint density at radius 2 is 2.10 bits per heavy atom. The molecule has 1 N–H and O–H groups in total. The van der Waals surface area contributed by atoms with Crippen LogP contribution in [-0.2, 0) is 5.72 Å². The largest absolute Gasteiger partial charge is 0.369 e. The molecule has 1 heterocycles. The molecule has 0 amide bonds. The van der Waals surface area contributed by atoms with Crippen molar-refractivity contribution in [2.75, 3.05) is 0 Å². The van der Waals surface area contributed by atoms with Crippen molar-refractivity contribution in [3.05, 3.63) is 34.6 Å². The molecule has 20 heavy (non-hydrogen) atoms. The van der Waals surface area contributed by atoms with E-state index in [-0.39, 0.29) is 0 Å². The molecule has 0 bridgehead atoms. The highest BCUT2D eigenvalue weighted by Gasteiger charge is 2.24. The molecule has 0 aliphatic rings. The quantitative estimate of drug-likeness (QED) is 0.903. The van der Waals surface area contributed by atoms with Crippen molar-refractivity contribution in [2.45, 2.75) is 38.8 Å². The summed E-state index contributed by atoms with van der Waals surface area (Å²) in [5.74, 6) is 0.475. The van der Waals surface area contributed by atoms with Crippen LogP contribution in [0.4, 0.5) is 0 Å². The van der Waals surface area contributed by atoms with Gasteiger partial charge in [-0.1, -0.05) is 36.5 Å². The fraction of sp³-hybridized carbons (Fsp3) is 0.429. The number of hydrogen-bond acceptors (Lipinski definition) is 3. The minimum Gasteiger partial charge on any atom is -0.369 e. The fourth-order valence-corrected chi connectivity index (χ4v) is 2.41. The topological polar surface area (TPSA) is 50.9 Å². The van der Waals surface area contributed by atoms with Crippen LogP contribution >= 0.6 is 23.2 Å². The minimum absolute atomic E-state index is 0.475. The highest BCUT2D eigenvalue weighted by Crippen LogP contribution is 2.29. The Morgan fingerprint density at radius 3 is 2.75 bits per heavy atom. The van der Waals surface area contributed by atoms with Gasteiger partial charge in [-0.15, -0.1) is 5.10 Å².